The summed E-state index contributed by atoms with van der Waals surface area (Å²) in [7, 11) is 1.46. The van der Waals surface area contributed by atoms with Crippen LogP contribution in [0.4, 0.5) is 4.39 Å². The highest BCUT2D eigenvalue weighted by atomic mass is 32.1. The molecule has 2 aromatic heterocycles. The molecule has 2 heterocycles. The largest absolute Gasteiger partial charge is 0.494 e. The molecule has 0 saturated carbocycles. The molecule has 0 atom stereocenters. The molecule has 0 aliphatic carbocycles. The highest BCUT2D eigenvalue weighted by Gasteiger charge is 2.15. The Labute approximate surface area is 191 Å². The van der Waals surface area contributed by atoms with Crippen molar-refractivity contribution in [2.75, 3.05) is 7.11 Å². The monoisotopic (exact) mass is 450 g/mol. The second kappa shape index (κ2) is 9.63. The maximum atomic E-state index is 14.4. The molecule has 0 spiro atoms. The summed E-state index contributed by atoms with van der Waals surface area (Å²) in [6.07, 6.45) is 2.01. The van der Waals surface area contributed by atoms with E-state index in [1.165, 1.54) is 13.2 Å². The van der Waals surface area contributed by atoms with Crippen molar-refractivity contribution in [3.63, 3.8) is 0 Å². The summed E-state index contributed by atoms with van der Waals surface area (Å²) in [5.41, 5.74) is 5.58. The number of hydrogen-bond acceptors (Lipinski definition) is 5. The first kappa shape index (κ1) is 22.2. The molecule has 166 valence electrons. The lowest BCUT2D eigenvalue weighted by molar-refractivity contribution is 0.386. The van der Waals surface area contributed by atoms with Gasteiger partial charge in [-0.3, -0.25) is 0 Å². The topological polar surface area (TPSA) is 52.0 Å². The summed E-state index contributed by atoms with van der Waals surface area (Å²) in [6.45, 7) is 7.60. The number of hydrogen-bond donors (Lipinski definition) is 1. The molecule has 32 heavy (non-hydrogen) atoms. The Balaban J connectivity index is 1.63. The number of para-hydroxylation sites is 1. The van der Waals surface area contributed by atoms with Gasteiger partial charge in [0.1, 0.15) is 0 Å². The predicted molar refractivity (Wildman–Crippen MR) is 127 cm³/mol. The van der Waals surface area contributed by atoms with Gasteiger partial charge in [0.05, 0.1) is 29.2 Å². The van der Waals surface area contributed by atoms with Crippen LogP contribution in [0.15, 0.2) is 54.0 Å². The van der Waals surface area contributed by atoms with Gasteiger partial charge in [-0.1, -0.05) is 32.0 Å². The summed E-state index contributed by atoms with van der Waals surface area (Å²) in [5, 5.41) is 11.5. The maximum Gasteiger partial charge on any atom is 0.165 e. The van der Waals surface area contributed by atoms with Crippen LogP contribution in [0.3, 0.4) is 0 Å². The fraction of sp³-hybridized carbons (Fsp3) is 0.280. The summed E-state index contributed by atoms with van der Waals surface area (Å²) in [4.78, 5) is 4.69. The number of nitrogens with one attached hydrogen (secondary N) is 1. The first-order valence-electron chi connectivity index (χ1n) is 10.6. The SMILES string of the molecule is COc1ccc(-c2nn(-c3ccccc3C)cc2CNCc2csc(C(C)C)n2)cc1F. The zero-order valence-corrected chi connectivity index (χ0v) is 19.5. The van der Waals surface area contributed by atoms with Crippen molar-refractivity contribution in [3.05, 3.63) is 81.7 Å². The van der Waals surface area contributed by atoms with Crippen LogP contribution in [0.5, 0.6) is 5.75 Å². The summed E-state index contributed by atoms with van der Waals surface area (Å²) in [5.74, 6) is 0.243. The molecule has 0 aliphatic rings. The predicted octanol–water partition coefficient (Wildman–Crippen LogP) is 5.87. The zero-order chi connectivity index (χ0) is 22.7. The smallest absolute Gasteiger partial charge is 0.165 e. The van der Waals surface area contributed by atoms with Gasteiger partial charge in [0.15, 0.2) is 11.6 Å². The van der Waals surface area contributed by atoms with Crippen molar-refractivity contribution >= 4 is 11.3 Å². The summed E-state index contributed by atoms with van der Waals surface area (Å²) in [6, 6.07) is 13.0. The van der Waals surface area contributed by atoms with E-state index in [2.05, 4.69) is 42.5 Å². The van der Waals surface area contributed by atoms with Crippen molar-refractivity contribution in [1.82, 2.24) is 20.1 Å². The second-order valence-electron chi connectivity index (χ2n) is 8.02. The van der Waals surface area contributed by atoms with E-state index in [4.69, 9.17) is 9.84 Å². The molecule has 0 radical (unpaired) electrons. The lowest BCUT2D eigenvalue weighted by atomic mass is 10.1. The highest BCUT2D eigenvalue weighted by molar-refractivity contribution is 7.09. The molecule has 0 aliphatic heterocycles. The van der Waals surface area contributed by atoms with E-state index in [1.54, 1.807) is 17.4 Å². The quantitative estimate of drug-likeness (QED) is 0.365. The minimum Gasteiger partial charge on any atom is -0.494 e. The van der Waals surface area contributed by atoms with Crippen LogP contribution < -0.4 is 10.1 Å². The Morgan fingerprint density at radius 1 is 1.16 bits per heavy atom. The molecular formula is C25H27FN4OS. The van der Waals surface area contributed by atoms with Crippen molar-refractivity contribution in [2.45, 2.75) is 39.8 Å². The number of thiazole rings is 1. The third kappa shape index (κ3) is 4.74. The maximum absolute atomic E-state index is 14.4. The Bertz CT molecular complexity index is 1210. The van der Waals surface area contributed by atoms with Crippen LogP contribution in [0, 0.1) is 12.7 Å². The molecular weight excluding hydrogens is 423 g/mol. The number of benzene rings is 2. The molecule has 2 aromatic carbocycles. The lowest BCUT2D eigenvalue weighted by Gasteiger charge is -2.06. The van der Waals surface area contributed by atoms with Crippen LogP contribution in [0.1, 0.15) is 41.6 Å². The van der Waals surface area contributed by atoms with Crippen LogP contribution in [0.2, 0.25) is 0 Å². The first-order chi connectivity index (χ1) is 15.5. The van der Waals surface area contributed by atoms with Gasteiger partial charge in [0.2, 0.25) is 0 Å². The zero-order valence-electron chi connectivity index (χ0n) is 18.7. The van der Waals surface area contributed by atoms with Gasteiger partial charge in [0, 0.05) is 41.7 Å². The summed E-state index contributed by atoms with van der Waals surface area (Å²) >= 11 is 1.69. The molecule has 0 bridgehead atoms. The van der Waals surface area contributed by atoms with Crippen molar-refractivity contribution < 1.29 is 9.13 Å². The molecule has 0 fully saturated rings. The molecule has 5 nitrogen and oxygen atoms in total. The second-order valence-corrected chi connectivity index (χ2v) is 8.91. The van der Waals surface area contributed by atoms with Gasteiger partial charge in [-0.05, 0) is 36.8 Å². The fourth-order valence-corrected chi connectivity index (χ4v) is 4.37. The van der Waals surface area contributed by atoms with Crippen LogP contribution >= 0.6 is 11.3 Å². The molecule has 7 heteroatoms. The number of ether oxygens (including phenoxy) is 1. The van der Waals surface area contributed by atoms with Gasteiger partial charge < -0.3 is 10.1 Å². The number of nitrogens with zero attached hydrogens (tertiary/aromatic N) is 3. The van der Waals surface area contributed by atoms with Crippen molar-refractivity contribution in [2.24, 2.45) is 0 Å². The van der Waals surface area contributed by atoms with E-state index in [0.717, 1.165) is 33.2 Å². The van der Waals surface area contributed by atoms with Crippen LogP contribution in [0.25, 0.3) is 16.9 Å². The number of aromatic nitrogens is 3. The minimum atomic E-state index is -0.405. The average molecular weight is 451 g/mol. The van der Waals surface area contributed by atoms with E-state index >= 15 is 0 Å². The van der Waals surface area contributed by atoms with Gasteiger partial charge >= 0.3 is 0 Å². The normalized spacial score (nSPS) is 11.3. The Kier molecular flexibility index (Phi) is 6.67. The summed E-state index contributed by atoms with van der Waals surface area (Å²) < 4.78 is 21.4. The van der Waals surface area contributed by atoms with E-state index in [1.807, 2.05) is 35.1 Å². The lowest BCUT2D eigenvalue weighted by Crippen LogP contribution is -2.13. The molecule has 0 amide bonds. The van der Waals surface area contributed by atoms with Crippen LogP contribution in [-0.2, 0) is 13.1 Å². The molecule has 1 N–H and O–H groups in total. The molecule has 4 rings (SSSR count). The van der Waals surface area contributed by atoms with Crippen molar-refractivity contribution in [3.8, 4) is 22.7 Å². The first-order valence-corrected chi connectivity index (χ1v) is 11.5. The third-order valence-corrected chi connectivity index (χ3v) is 6.46. The molecule has 0 unspecified atom stereocenters. The van der Waals surface area contributed by atoms with Crippen LogP contribution in [-0.4, -0.2) is 21.9 Å². The average Bonchev–Trinajstić information content (AvgIpc) is 3.42. The number of aryl methyl sites for hydroxylation is 1. The standard InChI is InChI=1S/C25H27FN4OS/c1-16(2)25-28-20(15-32-25)13-27-12-19-14-30(22-8-6-5-7-17(22)3)29-24(19)18-9-10-23(31-4)21(26)11-18/h5-11,14-16,27H,12-13H2,1-4H3. The number of rotatable bonds is 8. The van der Waals surface area contributed by atoms with E-state index < -0.39 is 5.82 Å². The fourth-order valence-electron chi connectivity index (χ4n) is 3.53. The number of halogens is 1. The minimum absolute atomic E-state index is 0.219. The third-order valence-electron chi connectivity index (χ3n) is 5.26. The van der Waals surface area contributed by atoms with Gasteiger partial charge in [-0.15, -0.1) is 11.3 Å². The Hall–Kier alpha value is -3.03. The number of methoxy groups -OCH3 is 1. The Morgan fingerprint density at radius 2 is 1.97 bits per heavy atom. The van der Waals surface area contributed by atoms with Gasteiger partial charge in [0.25, 0.3) is 0 Å². The van der Waals surface area contributed by atoms with E-state index in [-0.39, 0.29) is 5.75 Å². The van der Waals surface area contributed by atoms with Gasteiger partial charge in [-0.25, -0.2) is 14.1 Å². The molecule has 0 saturated heterocycles. The van der Waals surface area contributed by atoms with E-state index in [9.17, 15) is 4.39 Å². The van der Waals surface area contributed by atoms with E-state index in [0.29, 0.717) is 24.6 Å². The Morgan fingerprint density at radius 3 is 2.66 bits per heavy atom. The van der Waals surface area contributed by atoms with Crippen molar-refractivity contribution in [1.29, 1.82) is 0 Å². The van der Waals surface area contributed by atoms with Gasteiger partial charge in [-0.2, -0.15) is 5.10 Å². The molecule has 4 aromatic rings. The highest BCUT2D eigenvalue weighted by Crippen LogP contribution is 2.28.